The lowest BCUT2D eigenvalue weighted by Gasteiger charge is -2.20. The predicted octanol–water partition coefficient (Wildman–Crippen LogP) is 2.19. The third-order valence-electron chi connectivity index (χ3n) is 3.42. The third-order valence-corrected chi connectivity index (χ3v) is 3.42. The Balaban J connectivity index is 0.000000605. The Morgan fingerprint density at radius 3 is 2.45 bits per heavy atom. The molecule has 0 aromatic rings. The van der Waals surface area contributed by atoms with Gasteiger partial charge in [-0.05, 0) is 50.0 Å². The molecule has 0 aromatic carbocycles. The van der Waals surface area contributed by atoms with E-state index in [0.29, 0.717) is 0 Å². The molecule has 2 aliphatic rings. The molecule has 2 aliphatic carbocycles. The molecule has 0 amide bonds. The first-order valence-electron chi connectivity index (χ1n) is 4.60. The van der Waals surface area contributed by atoms with Crippen molar-refractivity contribution in [3.05, 3.63) is 0 Å². The van der Waals surface area contributed by atoms with Gasteiger partial charge >= 0.3 is 0 Å². The molecule has 3 atom stereocenters. The van der Waals surface area contributed by atoms with Crippen molar-refractivity contribution < 1.29 is 0 Å². The van der Waals surface area contributed by atoms with Gasteiger partial charge in [-0.25, -0.2) is 0 Å². The molecule has 0 aliphatic heterocycles. The van der Waals surface area contributed by atoms with E-state index >= 15 is 0 Å². The van der Waals surface area contributed by atoms with Crippen LogP contribution < -0.4 is 5.73 Å². The second kappa shape index (κ2) is 3.77. The minimum atomic E-state index is 0. The molecule has 11 heavy (non-hydrogen) atoms. The van der Waals surface area contributed by atoms with Crippen molar-refractivity contribution in [2.24, 2.45) is 23.5 Å². The summed E-state index contributed by atoms with van der Waals surface area (Å²) in [5, 5.41) is 0. The first-order chi connectivity index (χ1) is 4.90. The normalized spacial score (nSPS) is 40.6. The first-order valence-corrected chi connectivity index (χ1v) is 4.60. The molecule has 2 rings (SSSR count). The highest BCUT2D eigenvalue weighted by Crippen LogP contribution is 2.49. The Kier molecular flexibility index (Phi) is 3.20. The van der Waals surface area contributed by atoms with E-state index in [9.17, 15) is 0 Å². The maximum Gasteiger partial charge on any atom is -0.00745 e. The number of hydrogen-bond donors (Lipinski definition) is 1. The molecule has 0 aromatic heterocycles. The molecule has 2 N–H and O–H groups in total. The summed E-state index contributed by atoms with van der Waals surface area (Å²) in [7, 11) is 0. The summed E-state index contributed by atoms with van der Waals surface area (Å²) in [5.74, 6) is 3.19. The van der Waals surface area contributed by atoms with Crippen LogP contribution in [0, 0.1) is 17.8 Å². The highest BCUT2D eigenvalue weighted by molar-refractivity contribution is 5.85. The monoisotopic (exact) mass is 175 g/mol. The van der Waals surface area contributed by atoms with Gasteiger partial charge in [0, 0.05) is 0 Å². The van der Waals surface area contributed by atoms with Crippen molar-refractivity contribution >= 4 is 12.4 Å². The SMILES string of the molecule is Cl.NCCC1C[C@H]2CC[C@@H]1C2. The summed E-state index contributed by atoms with van der Waals surface area (Å²) in [5.41, 5.74) is 5.54. The van der Waals surface area contributed by atoms with Crippen LogP contribution in [0.15, 0.2) is 0 Å². The van der Waals surface area contributed by atoms with Gasteiger partial charge in [0.15, 0.2) is 0 Å². The predicted molar refractivity (Wildman–Crippen MR) is 49.9 cm³/mol. The Labute approximate surface area is 75.1 Å². The van der Waals surface area contributed by atoms with Gasteiger partial charge in [-0.15, -0.1) is 12.4 Å². The van der Waals surface area contributed by atoms with E-state index in [0.717, 1.165) is 24.3 Å². The topological polar surface area (TPSA) is 26.0 Å². The summed E-state index contributed by atoms with van der Waals surface area (Å²) in [6.07, 6.45) is 7.36. The standard InChI is InChI=1S/C9H17N.ClH/c10-4-3-9-6-7-1-2-8(9)5-7;/h7-9H,1-6,10H2;1H/t7-,8+,9?;/m0./s1. The second-order valence-corrected chi connectivity index (χ2v) is 4.01. The molecule has 2 bridgehead atoms. The maximum atomic E-state index is 5.54. The highest BCUT2D eigenvalue weighted by Gasteiger charge is 2.38. The minimum absolute atomic E-state index is 0. The van der Waals surface area contributed by atoms with Crippen LogP contribution in [0.1, 0.15) is 32.1 Å². The molecule has 1 unspecified atom stereocenters. The van der Waals surface area contributed by atoms with E-state index in [1.807, 2.05) is 0 Å². The summed E-state index contributed by atoms with van der Waals surface area (Å²) in [6.45, 7) is 0.911. The smallest absolute Gasteiger partial charge is 0.00745 e. The largest absolute Gasteiger partial charge is 0.330 e. The lowest BCUT2D eigenvalue weighted by atomic mass is 9.86. The number of halogens is 1. The molecule has 0 spiro atoms. The van der Waals surface area contributed by atoms with Crippen LogP contribution in [-0.4, -0.2) is 6.54 Å². The Bertz CT molecular complexity index is 127. The Hall–Kier alpha value is 0.250. The van der Waals surface area contributed by atoms with E-state index in [4.69, 9.17) is 5.73 Å². The van der Waals surface area contributed by atoms with Gasteiger partial charge in [0.05, 0.1) is 0 Å². The van der Waals surface area contributed by atoms with E-state index in [2.05, 4.69) is 0 Å². The van der Waals surface area contributed by atoms with Crippen LogP contribution >= 0.6 is 12.4 Å². The van der Waals surface area contributed by atoms with Gasteiger partial charge in [-0.1, -0.05) is 6.42 Å². The molecule has 2 heteroatoms. The lowest BCUT2D eigenvalue weighted by Crippen LogP contribution is -2.14. The van der Waals surface area contributed by atoms with Crippen molar-refractivity contribution in [3.8, 4) is 0 Å². The number of rotatable bonds is 2. The maximum absolute atomic E-state index is 5.54. The molecule has 0 saturated heterocycles. The van der Waals surface area contributed by atoms with Crippen LogP contribution in [0.25, 0.3) is 0 Å². The fraction of sp³-hybridized carbons (Fsp3) is 1.00. The molecule has 2 saturated carbocycles. The number of nitrogens with two attached hydrogens (primary N) is 1. The lowest BCUT2D eigenvalue weighted by molar-refractivity contribution is 0.318. The van der Waals surface area contributed by atoms with Crippen molar-refractivity contribution in [3.63, 3.8) is 0 Å². The molecular weight excluding hydrogens is 158 g/mol. The summed E-state index contributed by atoms with van der Waals surface area (Å²) < 4.78 is 0. The zero-order chi connectivity index (χ0) is 6.97. The molecule has 66 valence electrons. The fourth-order valence-electron chi connectivity index (χ4n) is 2.94. The van der Waals surface area contributed by atoms with Crippen LogP contribution in [0.2, 0.25) is 0 Å². The first kappa shape index (κ1) is 9.34. The zero-order valence-corrected chi connectivity index (χ0v) is 7.78. The third kappa shape index (κ3) is 1.70. The van der Waals surface area contributed by atoms with Gasteiger partial charge in [-0.3, -0.25) is 0 Å². The fourth-order valence-corrected chi connectivity index (χ4v) is 2.94. The minimum Gasteiger partial charge on any atom is -0.330 e. The summed E-state index contributed by atoms with van der Waals surface area (Å²) in [6, 6.07) is 0. The average Bonchev–Trinajstić information content (AvgIpc) is 2.48. The van der Waals surface area contributed by atoms with Gasteiger partial charge < -0.3 is 5.73 Å². The van der Waals surface area contributed by atoms with E-state index in [1.54, 1.807) is 0 Å². The van der Waals surface area contributed by atoms with Gasteiger partial charge in [-0.2, -0.15) is 0 Å². The van der Waals surface area contributed by atoms with Crippen LogP contribution in [-0.2, 0) is 0 Å². The molecule has 2 fully saturated rings. The van der Waals surface area contributed by atoms with E-state index in [-0.39, 0.29) is 12.4 Å². The Morgan fingerprint density at radius 1 is 1.18 bits per heavy atom. The summed E-state index contributed by atoms with van der Waals surface area (Å²) in [4.78, 5) is 0. The van der Waals surface area contributed by atoms with Crippen molar-refractivity contribution in [2.75, 3.05) is 6.54 Å². The van der Waals surface area contributed by atoms with Gasteiger partial charge in [0.25, 0.3) is 0 Å². The highest BCUT2D eigenvalue weighted by atomic mass is 35.5. The zero-order valence-electron chi connectivity index (χ0n) is 6.96. The summed E-state index contributed by atoms with van der Waals surface area (Å²) >= 11 is 0. The van der Waals surface area contributed by atoms with E-state index < -0.39 is 0 Å². The quantitative estimate of drug-likeness (QED) is 0.684. The van der Waals surface area contributed by atoms with Crippen molar-refractivity contribution in [2.45, 2.75) is 32.1 Å². The molecule has 0 heterocycles. The number of fused-ring (bicyclic) bond motifs is 2. The second-order valence-electron chi connectivity index (χ2n) is 4.01. The average molecular weight is 176 g/mol. The van der Waals surface area contributed by atoms with Crippen LogP contribution in [0.5, 0.6) is 0 Å². The van der Waals surface area contributed by atoms with Crippen LogP contribution in [0.3, 0.4) is 0 Å². The van der Waals surface area contributed by atoms with Gasteiger partial charge in [0.2, 0.25) is 0 Å². The molecule has 0 radical (unpaired) electrons. The Morgan fingerprint density at radius 2 is 2.00 bits per heavy atom. The van der Waals surface area contributed by atoms with Crippen molar-refractivity contribution in [1.82, 2.24) is 0 Å². The number of hydrogen-bond acceptors (Lipinski definition) is 1. The molecule has 1 nitrogen and oxygen atoms in total. The van der Waals surface area contributed by atoms with E-state index in [1.165, 1.54) is 32.1 Å². The molecular formula is C9H18ClN. The van der Waals surface area contributed by atoms with Crippen molar-refractivity contribution in [1.29, 1.82) is 0 Å². The van der Waals surface area contributed by atoms with Crippen LogP contribution in [0.4, 0.5) is 0 Å². The van der Waals surface area contributed by atoms with Gasteiger partial charge in [0.1, 0.15) is 0 Å².